The lowest BCUT2D eigenvalue weighted by atomic mass is 10.1. The smallest absolute Gasteiger partial charge is 0.187 e. The van der Waals surface area contributed by atoms with Gasteiger partial charge in [-0.05, 0) is 18.4 Å². The SMILES string of the molecule is CCn1c(C#CC(O)c2ccccc2)nc2c(N)ncnc21. The third-order valence-electron chi connectivity index (χ3n) is 3.31. The van der Waals surface area contributed by atoms with Gasteiger partial charge in [0.15, 0.2) is 22.8 Å². The Morgan fingerprint density at radius 3 is 2.77 bits per heavy atom. The topological polar surface area (TPSA) is 89.8 Å². The first-order chi connectivity index (χ1) is 10.7. The van der Waals surface area contributed by atoms with Crippen LogP contribution in [0.1, 0.15) is 24.4 Å². The van der Waals surface area contributed by atoms with Crippen LogP contribution in [0, 0.1) is 11.8 Å². The van der Waals surface area contributed by atoms with E-state index >= 15 is 0 Å². The van der Waals surface area contributed by atoms with Gasteiger partial charge in [0.05, 0.1) is 0 Å². The normalized spacial score (nSPS) is 11.9. The number of nitrogens with two attached hydrogens (primary N) is 1. The van der Waals surface area contributed by atoms with E-state index in [0.29, 0.717) is 29.4 Å². The maximum absolute atomic E-state index is 10.1. The number of aryl methyl sites for hydroxylation is 1. The Morgan fingerprint density at radius 1 is 1.27 bits per heavy atom. The van der Waals surface area contributed by atoms with Crippen molar-refractivity contribution >= 4 is 17.0 Å². The maximum Gasteiger partial charge on any atom is 0.187 e. The number of nitrogen functional groups attached to an aromatic ring is 1. The molecule has 1 aromatic carbocycles. The van der Waals surface area contributed by atoms with E-state index in [1.807, 2.05) is 41.8 Å². The van der Waals surface area contributed by atoms with E-state index in [9.17, 15) is 5.11 Å². The summed E-state index contributed by atoms with van der Waals surface area (Å²) in [6.45, 7) is 2.62. The number of aliphatic hydroxyl groups excluding tert-OH is 1. The van der Waals surface area contributed by atoms with E-state index in [1.54, 1.807) is 0 Å². The molecule has 0 amide bonds. The Balaban J connectivity index is 2.02. The lowest BCUT2D eigenvalue weighted by molar-refractivity contribution is 0.238. The Morgan fingerprint density at radius 2 is 2.05 bits per heavy atom. The van der Waals surface area contributed by atoms with Gasteiger partial charge in [0.2, 0.25) is 0 Å². The second-order valence-electron chi connectivity index (χ2n) is 4.69. The van der Waals surface area contributed by atoms with Crippen molar-refractivity contribution in [3.8, 4) is 11.8 Å². The number of nitrogens with zero attached hydrogens (tertiary/aromatic N) is 4. The van der Waals surface area contributed by atoms with Gasteiger partial charge in [0.1, 0.15) is 12.4 Å². The van der Waals surface area contributed by atoms with Crippen LogP contribution in [0.3, 0.4) is 0 Å². The predicted molar refractivity (Wildman–Crippen MR) is 83.7 cm³/mol. The molecule has 0 aliphatic rings. The van der Waals surface area contributed by atoms with Crippen LogP contribution in [0.25, 0.3) is 11.2 Å². The van der Waals surface area contributed by atoms with Gasteiger partial charge in [-0.25, -0.2) is 15.0 Å². The summed E-state index contributed by atoms with van der Waals surface area (Å²) in [6, 6.07) is 9.26. The number of benzene rings is 1. The van der Waals surface area contributed by atoms with Crippen LogP contribution in [-0.4, -0.2) is 24.6 Å². The van der Waals surface area contributed by atoms with Gasteiger partial charge in [-0.2, -0.15) is 0 Å². The van der Waals surface area contributed by atoms with Crippen molar-refractivity contribution in [2.24, 2.45) is 0 Å². The van der Waals surface area contributed by atoms with Crippen molar-refractivity contribution < 1.29 is 5.11 Å². The molecule has 6 heteroatoms. The summed E-state index contributed by atoms with van der Waals surface area (Å²) in [5.41, 5.74) is 7.74. The minimum absolute atomic E-state index is 0.323. The summed E-state index contributed by atoms with van der Waals surface area (Å²) in [7, 11) is 0. The van der Waals surface area contributed by atoms with Gasteiger partial charge in [-0.1, -0.05) is 36.3 Å². The summed E-state index contributed by atoms with van der Waals surface area (Å²) >= 11 is 0. The molecule has 6 nitrogen and oxygen atoms in total. The molecule has 0 radical (unpaired) electrons. The van der Waals surface area contributed by atoms with E-state index in [4.69, 9.17) is 5.73 Å². The first kappa shape index (κ1) is 14.0. The van der Waals surface area contributed by atoms with Crippen LogP contribution in [0.15, 0.2) is 36.7 Å². The zero-order chi connectivity index (χ0) is 15.5. The highest BCUT2D eigenvalue weighted by Crippen LogP contribution is 2.17. The first-order valence-electron chi connectivity index (χ1n) is 6.92. The van der Waals surface area contributed by atoms with Crippen molar-refractivity contribution in [2.75, 3.05) is 5.73 Å². The number of anilines is 1. The maximum atomic E-state index is 10.1. The van der Waals surface area contributed by atoms with Gasteiger partial charge >= 0.3 is 0 Å². The van der Waals surface area contributed by atoms with Crippen molar-refractivity contribution in [3.05, 3.63) is 48.0 Å². The number of hydrogen-bond acceptors (Lipinski definition) is 5. The second kappa shape index (κ2) is 5.84. The molecule has 2 aromatic heterocycles. The van der Waals surface area contributed by atoms with Crippen LogP contribution < -0.4 is 5.73 Å². The Kier molecular flexibility index (Phi) is 3.73. The molecule has 22 heavy (non-hydrogen) atoms. The average molecular weight is 293 g/mol. The van der Waals surface area contributed by atoms with Crippen molar-refractivity contribution in [3.63, 3.8) is 0 Å². The van der Waals surface area contributed by atoms with Crippen LogP contribution in [-0.2, 0) is 6.54 Å². The molecule has 0 aliphatic carbocycles. The fourth-order valence-corrected chi connectivity index (χ4v) is 2.20. The standard InChI is InChI=1S/C16H15N5O/c1-2-21-13(20-14-15(17)18-10-19-16(14)21)9-8-12(22)11-6-4-3-5-7-11/h3-7,10,12,22H,2H2,1H3,(H2,17,18,19). The van der Waals surface area contributed by atoms with Crippen LogP contribution in [0.4, 0.5) is 5.82 Å². The van der Waals surface area contributed by atoms with E-state index < -0.39 is 6.10 Å². The first-order valence-corrected chi connectivity index (χ1v) is 6.92. The molecule has 3 aromatic rings. The monoisotopic (exact) mass is 293 g/mol. The minimum atomic E-state index is -0.866. The number of fused-ring (bicyclic) bond motifs is 1. The number of rotatable bonds is 2. The molecule has 110 valence electrons. The number of aliphatic hydroxyl groups is 1. The quantitative estimate of drug-likeness (QED) is 0.699. The second-order valence-corrected chi connectivity index (χ2v) is 4.69. The number of aromatic nitrogens is 4. The van der Waals surface area contributed by atoms with Gasteiger partial charge in [-0.15, -0.1) is 0 Å². The van der Waals surface area contributed by atoms with E-state index in [-0.39, 0.29) is 0 Å². The molecule has 2 heterocycles. The Bertz CT molecular complexity index is 861. The Hall–Kier alpha value is -2.91. The minimum Gasteiger partial charge on any atom is -0.382 e. The summed E-state index contributed by atoms with van der Waals surface area (Å²) in [5, 5.41) is 10.1. The third kappa shape index (κ3) is 2.50. The fraction of sp³-hybridized carbons (Fsp3) is 0.188. The molecule has 0 aliphatic heterocycles. The van der Waals surface area contributed by atoms with Gasteiger partial charge in [0.25, 0.3) is 0 Å². The van der Waals surface area contributed by atoms with E-state index in [2.05, 4.69) is 26.8 Å². The molecule has 0 bridgehead atoms. The largest absolute Gasteiger partial charge is 0.382 e. The predicted octanol–water partition coefficient (Wildman–Crippen LogP) is 1.51. The zero-order valence-corrected chi connectivity index (χ0v) is 12.1. The molecule has 0 fully saturated rings. The highest BCUT2D eigenvalue weighted by Gasteiger charge is 2.12. The van der Waals surface area contributed by atoms with Gasteiger partial charge in [-0.3, -0.25) is 0 Å². The highest BCUT2D eigenvalue weighted by molar-refractivity contribution is 5.82. The Labute approximate surface area is 127 Å². The van der Waals surface area contributed by atoms with Gasteiger partial charge in [0, 0.05) is 6.54 Å². The van der Waals surface area contributed by atoms with Crippen LogP contribution in [0.5, 0.6) is 0 Å². The lowest BCUT2D eigenvalue weighted by Gasteiger charge is -2.02. The van der Waals surface area contributed by atoms with Crippen LogP contribution in [0.2, 0.25) is 0 Å². The lowest BCUT2D eigenvalue weighted by Crippen LogP contribution is -2.00. The average Bonchev–Trinajstić information content (AvgIpc) is 2.92. The molecule has 0 saturated heterocycles. The molecule has 3 rings (SSSR count). The number of hydrogen-bond donors (Lipinski definition) is 2. The molecule has 1 atom stereocenters. The molecular weight excluding hydrogens is 278 g/mol. The van der Waals surface area contributed by atoms with Crippen molar-refractivity contribution in [2.45, 2.75) is 19.6 Å². The van der Waals surface area contributed by atoms with E-state index in [1.165, 1.54) is 6.33 Å². The van der Waals surface area contributed by atoms with Crippen LogP contribution >= 0.6 is 0 Å². The third-order valence-corrected chi connectivity index (χ3v) is 3.31. The fourth-order valence-electron chi connectivity index (χ4n) is 2.20. The highest BCUT2D eigenvalue weighted by atomic mass is 16.3. The summed E-state index contributed by atoms with van der Waals surface area (Å²) < 4.78 is 1.85. The summed E-state index contributed by atoms with van der Waals surface area (Å²) in [5.74, 6) is 6.55. The number of imidazole rings is 1. The summed E-state index contributed by atoms with van der Waals surface area (Å²) in [4.78, 5) is 12.5. The molecular formula is C16H15N5O. The molecule has 3 N–H and O–H groups in total. The van der Waals surface area contributed by atoms with Crippen molar-refractivity contribution in [1.29, 1.82) is 0 Å². The molecule has 0 saturated carbocycles. The zero-order valence-electron chi connectivity index (χ0n) is 12.1. The molecule has 0 spiro atoms. The van der Waals surface area contributed by atoms with E-state index in [0.717, 1.165) is 5.56 Å². The van der Waals surface area contributed by atoms with Crippen molar-refractivity contribution in [1.82, 2.24) is 19.5 Å². The summed E-state index contributed by atoms with van der Waals surface area (Å²) in [6.07, 6.45) is 0.538. The van der Waals surface area contributed by atoms with Gasteiger partial charge < -0.3 is 15.4 Å². The molecule has 1 unspecified atom stereocenters.